The van der Waals surface area contributed by atoms with Crippen LogP contribution in [0.25, 0.3) is 0 Å². The highest BCUT2D eigenvalue weighted by Crippen LogP contribution is 2.43. The van der Waals surface area contributed by atoms with Crippen LogP contribution in [-0.2, 0) is 4.79 Å². The number of anilines is 1. The van der Waals surface area contributed by atoms with E-state index in [1.54, 1.807) is 0 Å². The van der Waals surface area contributed by atoms with Gasteiger partial charge < -0.3 is 5.32 Å². The van der Waals surface area contributed by atoms with Gasteiger partial charge in [-0.1, -0.05) is 37.3 Å². The summed E-state index contributed by atoms with van der Waals surface area (Å²) < 4.78 is 0. The van der Waals surface area contributed by atoms with Gasteiger partial charge >= 0.3 is 0 Å². The zero-order valence-electron chi connectivity index (χ0n) is 12.0. The highest BCUT2D eigenvalue weighted by molar-refractivity contribution is 7.15. The van der Waals surface area contributed by atoms with Crippen LogP contribution in [0.2, 0.25) is 0 Å². The Labute approximate surface area is 123 Å². The van der Waals surface area contributed by atoms with Crippen LogP contribution >= 0.6 is 11.3 Å². The number of amides is 1. The maximum Gasteiger partial charge on any atom is 0.229 e. The monoisotopic (exact) mass is 291 g/mol. The lowest BCUT2D eigenvalue weighted by Gasteiger charge is -2.16. The van der Waals surface area contributed by atoms with Crippen LogP contribution in [0.3, 0.4) is 0 Å². The van der Waals surface area contributed by atoms with E-state index in [0.29, 0.717) is 22.9 Å². The van der Waals surface area contributed by atoms with Crippen molar-refractivity contribution in [3.63, 3.8) is 0 Å². The van der Waals surface area contributed by atoms with E-state index >= 15 is 0 Å². The lowest BCUT2D eigenvalue weighted by Crippen LogP contribution is -2.25. The molecule has 0 spiro atoms. The number of hydrogen-bond acceptors (Lipinski definition) is 4. The van der Waals surface area contributed by atoms with Crippen molar-refractivity contribution in [1.82, 2.24) is 10.2 Å². The lowest BCUT2D eigenvalue weighted by atomic mass is 9.93. The molecule has 1 saturated carbocycles. The van der Waals surface area contributed by atoms with E-state index in [2.05, 4.69) is 41.5 Å². The molecule has 1 heterocycles. The second kappa shape index (κ2) is 5.64. The molecule has 5 heteroatoms. The van der Waals surface area contributed by atoms with Gasteiger partial charge in [-0.05, 0) is 37.5 Å². The SMILES string of the molecule is CCC(CC)c1nnc(NC(=O)[C@H]2C[C@H]3C=C[C@H]2C3)s1. The zero-order chi connectivity index (χ0) is 14.1. The summed E-state index contributed by atoms with van der Waals surface area (Å²) in [6.45, 7) is 4.32. The van der Waals surface area contributed by atoms with Crippen LogP contribution in [0, 0.1) is 17.8 Å². The van der Waals surface area contributed by atoms with Gasteiger partial charge in [0.1, 0.15) is 5.01 Å². The number of aromatic nitrogens is 2. The third-order valence-electron chi connectivity index (χ3n) is 4.62. The summed E-state index contributed by atoms with van der Waals surface area (Å²) in [4.78, 5) is 12.3. The third-order valence-corrected chi connectivity index (χ3v) is 5.62. The van der Waals surface area contributed by atoms with Crippen molar-refractivity contribution in [2.75, 3.05) is 5.32 Å². The molecule has 3 rings (SSSR count). The smallest absolute Gasteiger partial charge is 0.229 e. The Kier molecular flexibility index (Phi) is 3.87. The molecule has 1 aromatic rings. The molecule has 2 aliphatic carbocycles. The molecule has 108 valence electrons. The predicted octanol–water partition coefficient (Wildman–Crippen LogP) is 3.59. The summed E-state index contributed by atoms with van der Waals surface area (Å²) in [7, 11) is 0. The number of carbonyl (C=O) groups is 1. The quantitative estimate of drug-likeness (QED) is 0.843. The van der Waals surface area contributed by atoms with Crippen LogP contribution in [0.15, 0.2) is 12.2 Å². The molecular formula is C15H21N3OS. The third kappa shape index (κ3) is 2.51. The average molecular weight is 291 g/mol. The fourth-order valence-corrected chi connectivity index (χ4v) is 4.38. The molecule has 2 bridgehead atoms. The highest BCUT2D eigenvalue weighted by Gasteiger charge is 2.40. The molecule has 2 aliphatic rings. The van der Waals surface area contributed by atoms with Crippen LogP contribution in [0.4, 0.5) is 5.13 Å². The number of carbonyl (C=O) groups excluding carboxylic acids is 1. The Balaban J connectivity index is 1.63. The Hall–Kier alpha value is -1.23. The molecule has 0 aliphatic heterocycles. The van der Waals surface area contributed by atoms with Gasteiger partial charge in [0, 0.05) is 11.8 Å². The van der Waals surface area contributed by atoms with Gasteiger partial charge in [-0.2, -0.15) is 0 Å². The molecule has 0 radical (unpaired) electrons. The van der Waals surface area contributed by atoms with Crippen LogP contribution < -0.4 is 5.32 Å². The first kappa shape index (κ1) is 13.7. The predicted molar refractivity (Wildman–Crippen MR) is 80.7 cm³/mol. The minimum atomic E-state index is 0.120. The minimum Gasteiger partial charge on any atom is -0.300 e. The van der Waals surface area contributed by atoms with E-state index in [0.717, 1.165) is 30.7 Å². The maximum atomic E-state index is 12.3. The summed E-state index contributed by atoms with van der Waals surface area (Å²) in [5, 5.41) is 13.0. The maximum absolute atomic E-state index is 12.3. The molecule has 1 N–H and O–H groups in total. The lowest BCUT2D eigenvalue weighted by molar-refractivity contribution is -0.120. The summed E-state index contributed by atoms with van der Waals surface area (Å²) in [6, 6.07) is 0. The van der Waals surface area contributed by atoms with Crippen LogP contribution in [0.5, 0.6) is 0 Å². The van der Waals surface area contributed by atoms with Gasteiger partial charge in [0.05, 0.1) is 0 Å². The number of rotatable bonds is 5. The van der Waals surface area contributed by atoms with Crippen LogP contribution in [-0.4, -0.2) is 16.1 Å². The first-order chi connectivity index (χ1) is 9.71. The van der Waals surface area contributed by atoms with Gasteiger partial charge in [-0.25, -0.2) is 0 Å². The van der Waals surface area contributed by atoms with Crippen molar-refractivity contribution in [2.24, 2.45) is 17.8 Å². The average Bonchev–Trinajstić information content (AvgIpc) is 3.16. The fraction of sp³-hybridized carbons (Fsp3) is 0.667. The number of hydrogen-bond donors (Lipinski definition) is 1. The second-order valence-electron chi connectivity index (χ2n) is 5.83. The Bertz CT molecular complexity index is 521. The van der Waals surface area contributed by atoms with E-state index in [1.165, 1.54) is 11.3 Å². The molecule has 1 fully saturated rings. The van der Waals surface area contributed by atoms with Crippen molar-refractivity contribution in [3.05, 3.63) is 17.2 Å². The Morgan fingerprint density at radius 3 is 2.75 bits per heavy atom. The van der Waals surface area contributed by atoms with E-state index in [1.807, 2.05) is 0 Å². The normalized spacial score (nSPS) is 27.4. The Morgan fingerprint density at radius 2 is 2.15 bits per heavy atom. The first-order valence-electron chi connectivity index (χ1n) is 7.53. The topological polar surface area (TPSA) is 54.9 Å². The van der Waals surface area contributed by atoms with Crippen molar-refractivity contribution in [3.8, 4) is 0 Å². The van der Waals surface area contributed by atoms with E-state index in [-0.39, 0.29) is 11.8 Å². The molecule has 0 aromatic carbocycles. The molecule has 0 saturated heterocycles. The van der Waals surface area contributed by atoms with E-state index < -0.39 is 0 Å². The van der Waals surface area contributed by atoms with Gasteiger partial charge in [0.25, 0.3) is 0 Å². The molecule has 3 atom stereocenters. The second-order valence-corrected chi connectivity index (χ2v) is 6.84. The Morgan fingerprint density at radius 1 is 1.35 bits per heavy atom. The fourth-order valence-electron chi connectivity index (χ4n) is 3.37. The summed E-state index contributed by atoms with van der Waals surface area (Å²) in [5.41, 5.74) is 0. The van der Waals surface area contributed by atoms with Crippen molar-refractivity contribution in [2.45, 2.75) is 45.4 Å². The van der Waals surface area contributed by atoms with Gasteiger partial charge in [0.2, 0.25) is 11.0 Å². The van der Waals surface area contributed by atoms with Gasteiger partial charge in [-0.3, -0.25) is 4.79 Å². The zero-order valence-corrected chi connectivity index (χ0v) is 12.8. The number of fused-ring (bicyclic) bond motifs is 2. The van der Waals surface area contributed by atoms with Crippen molar-refractivity contribution < 1.29 is 4.79 Å². The molecule has 20 heavy (non-hydrogen) atoms. The van der Waals surface area contributed by atoms with Crippen LogP contribution in [0.1, 0.15) is 50.5 Å². The highest BCUT2D eigenvalue weighted by atomic mass is 32.1. The molecule has 4 nitrogen and oxygen atoms in total. The summed E-state index contributed by atoms with van der Waals surface area (Å²) >= 11 is 1.53. The van der Waals surface area contributed by atoms with E-state index in [9.17, 15) is 4.79 Å². The van der Waals surface area contributed by atoms with Gasteiger partial charge in [0.15, 0.2) is 0 Å². The summed E-state index contributed by atoms with van der Waals surface area (Å²) in [6.07, 6.45) is 8.73. The molecular weight excluding hydrogens is 270 g/mol. The summed E-state index contributed by atoms with van der Waals surface area (Å²) in [5.74, 6) is 1.76. The number of allylic oxidation sites excluding steroid dienone is 2. The minimum absolute atomic E-state index is 0.120. The van der Waals surface area contributed by atoms with Gasteiger partial charge in [-0.15, -0.1) is 10.2 Å². The number of nitrogens with zero attached hydrogens (tertiary/aromatic N) is 2. The molecule has 1 amide bonds. The standard InChI is InChI=1S/C15H21N3OS/c1-3-10(4-2)14-17-18-15(20-14)16-13(19)12-8-9-5-6-11(12)7-9/h5-6,9-12H,3-4,7-8H2,1-2H3,(H,16,18,19)/t9-,11-,12-/m0/s1. The van der Waals surface area contributed by atoms with Crippen molar-refractivity contribution >= 4 is 22.4 Å². The molecule has 0 unspecified atom stereocenters. The first-order valence-corrected chi connectivity index (χ1v) is 8.35. The largest absolute Gasteiger partial charge is 0.300 e. The molecule has 1 aromatic heterocycles. The van der Waals surface area contributed by atoms with Crippen molar-refractivity contribution in [1.29, 1.82) is 0 Å². The van der Waals surface area contributed by atoms with E-state index in [4.69, 9.17) is 0 Å². The number of nitrogens with one attached hydrogen (secondary N) is 1.